The van der Waals surface area contributed by atoms with E-state index in [0.717, 1.165) is 11.3 Å². The summed E-state index contributed by atoms with van der Waals surface area (Å²) < 4.78 is 10.1. The van der Waals surface area contributed by atoms with Crippen LogP contribution in [0.4, 0.5) is 5.69 Å². The van der Waals surface area contributed by atoms with E-state index < -0.39 is 0 Å². The molecule has 0 bridgehead atoms. The van der Waals surface area contributed by atoms with Gasteiger partial charge >= 0.3 is 11.9 Å². The highest BCUT2D eigenvalue weighted by Crippen LogP contribution is 2.56. The van der Waals surface area contributed by atoms with E-state index in [9.17, 15) is 9.59 Å². The Bertz CT molecular complexity index is 1080. The van der Waals surface area contributed by atoms with E-state index in [1.54, 1.807) is 0 Å². The molecule has 1 fully saturated rings. The van der Waals surface area contributed by atoms with Gasteiger partial charge < -0.3 is 14.4 Å². The average molecular weight is 432 g/mol. The van der Waals surface area contributed by atoms with Gasteiger partial charge in [0, 0.05) is 11.6 Å². The van der Waals surface area contributed by atoms with Crippen molar-refractivity contribution in [3.63, 3.8) is 0 Å². The summed E-state index contributed by atoms with van der Waals surface area (Å²) in [5.41, 5.74) is 5.77. The Kier molecular flexibility index (Phi) is 5.50. The number of nitrogens with zero attached hydrogens (tertiary/aromatic N) is 1. The molecule has 2 aliphatic heterocycles. The van der Waals surface area contributed by atoms with Crippen LogP contribution in [-0.4, -0.2) is 32.7 Å². The summed E-state index contributed by atoms with van der Waals surface area (Å²) in [5.74, 6) is 0.245. The smallest absolute Gasteiger partial charge is 0.337 e. The Morgan fingerprint density at radius 3 is 2.41 bits per heavy atom. The van der Waals surface area contributed by atoms with Gasteiger partial charge in [-0.05, 0) is 53.7 Å². The van der Waals surface area contributed by atoms with Crippen LogP contribution in [0, 0.1) is 5.92 Å². The molecule has 0 N–H and O–H groups in total. The van der Waals surface area contributed by atoms with Crippen molar-refractivity contribution < 1.29 is 19.1 Å². The minimum Gasteiger partial charge on any atom is -0.466 e. The highest BCUT2D eigenvalue weighted by molar-refractivity contribution is 5.96. The maximum atomic E-state index is 12.6. The normalized spacial score (nSPS) is 22.2. The first-order chi connectivity index (χ1) is 15.6. The summed E-state index contributed by atoms with van der Waals surface area (Å²) in [7, 11) is 2.83. The van der Waals surface area contributed by atoms with Crippen molar-refractivity contribution in [2.24, 2.45) is 5.92 Å². The molecule has 5 heteroatoms. The summed E-state index contributed by atoms with van der Waals surface area (Å²) in [6.45, 7) is 0.451. The third-order valence-electron chi connectivity index (χ3n) is 7.39. The lowest BCUT2D eigenvalue weighted by molar-refractivity contribution is -0.136. The van der Waals surface area contributed by atoms with Crippen LogP contribution in [0.5, 0.6) is 0 Å². The van der Waals surface area contributed by atoms with Crippen LogP contribution in [0.15, 0.2) is 48.0 Å². The number of esters is 2. The van der Waals surface area contributed by atoms with Crippen molar-refractivity contribution >= 4 is 23.7 Å². The van der Waals surface area contributed by atoms with Gasteiger partial charge in [-0.2, -0.15) is 0 Å². The fourth-order valence-corrected chi connectivity index (χ4v) is 5.97. The Morgan fingerprint density at radius 2 is 1.66 bits per heavy atom. The molecule has 5 rings (SSSR count). The summed E-state index contributed by atoms with van der Waals surface area (Å²) in [6, 6.07) is 14.4. The Balaban J connectivity index is 1.69. The number of carbonyl (C=O) groups excluding carboxylic acids is 2. The van der Waals surface area contributed by atoms with E-state index in [4.69, 9.17) is 9.47 Å². The highest BCUT2D eigenvalue weighted by atomic mass is 16.5. The van der Waals surface area contributed by atoms with Gasteiger partial charge in [-0.1, -0.05) is 49.6 Å². The number of ether oxygens (including phenoxy) is 2. The van der Waals surface area contributed by atoms with Crippen LogP contribution >= 0.6 is 0 Å². The molecule has 166 valence electrons. The Labute approximate surface area is 189 Å². The number of methoxy groups -OCH3 is 2. The standard InChI is InChI=1S/C27H29NO4/c1-31-26(29)19-12-13-22-23(15-19)28-16-20(27(30)32-2)14-18-10-6-7-11-21(18)25(28)24(22)17-8-4-3-5-9-17/h6-7,10-15,17,24-25H,3-5,8-9,16H2,1-2H3. The lowest BCUT2D eigenvalue weighted by Gasteiger charge is -2.36. The van der Waals surface area contributed by atoms with Crippen LogP contribution < -0.4 is 4.90 Å². The zero-order chi connectivity index (χ0) is 22.2. The summed E-state index contributed by atoms with van der Waals surface area (Å²) in [4.78, 5) is 27.3. The van der Waals surface area contributed by atoms with E-state index >= 15 is 0 Å². The van der Waals surface area contributed by atoms with Gasteiger partial charge in [-0.3, -0.25) is 0 Å². The van der Waals surface area contributed by atoms with E-state index in [-0.39, 0.29) is 18.0 Å². The summed E-state index contributed by atoms with van der Waals surface area (Å²) in [6.07, 6.45) is 8.23. The Morgan fingerprint density at radius 1 is 0.906 bits per heavy atom. The second-order valence-electron chi connectivity index (χ2n) is 9.05. The summed E-state index contributed by atoms with van der Waals surface area (Å²) in [5, 5.41) is 0. The van der Waals surface area contributed by atoms with Crippen molar-refractivity contribution in [1.29, 1.82) is 0 Å². The fourth-order valence-electron chi connectivity index (χ4n) is 5.97. The van der Waals surface area contributed by atoms with Gasteiger partial charge in [-0.25, -0.2) is 9.59 Å². The molecule has 1 saturated carbocycles. The minimum absolute atomic E-state index is 0.121. The number of hydrogen-bond acceptors (Lipinski definition) is 5. The van der Waals surface area contributed by atoms with E-state index in [1.807, 2.05) is 24.3 Å². The lowest BCUT2D eigenvalue weighted by Crippen LogP contribution is -2.32. The van der Waals surface area contributed by atoms with Crippen molar-refractivity contribution in [1.82, 2.24) is 0 Å². The molecule has 2 heterocycles. The molecule has 0 spiro atoms. The SMILES string of the molecule is COC(=O)C1=Cc2ccccc2C2C(C3CCCCC3)c3ccc(C(=O)OC)cc3N2C1. The topological polar surface area (TPSA) is 55.8 Å². The van der Waals surface area contributed by atoms with Crippen LogP contribution in [0.2, 0.25) is 0 Å². The number of anilines is 1. The van der Waals surface area contributed by atoms with Crippen molar-refractivity contribution in [3.8, 4) is 0 Å². The van der Waals surface area contributed by atoms with Gasteiger partial charge in [0.05, 0.1) is 37.9 Å². The first-order valence-electron chi connectivity index (χ1n) is 11.5. The first kappa shape index (κ1) is 20.8. The first-order valence-corrected chi connectivity index (χ1v) is 11.5. The molecule has 3 aliphatic rings. The molecule has 5 nitrogen and oxygen atoms in total. The van der Waals surface area contributed by atoms with Crippen LogP contribution in [0.3, 0.4) is 0 Å². The third kappa shape index (κ3) is 3.40. The molecular weight excluding hydrogens is 402 g/mol. The van der Waals surface area contributed by atoms with Crippen molar-refractivity contribution in [2.75, 3.05) is 25.7 Å². The molecular formula is C27H29NO4. The second-order valence-corrected chi connectivity index (χ2v) is 9.05. The lowest BCUT2D eigenvalue weighted by atomic mass is 9.73. The van der Waals surface area contributed by atoms with Crippen molar-refractivity contribution in [3.05, 3.63) is 70.3 Å². The molecule has 0 radical (unpaired) electrons. The molecule has 32 heavy (non-hydrogen) atoms. The van der Waals surface area contributed by atoms with Gasteiger partial charge in [-0.15, -0.1) is 0 Å². The maximum absolute atomic E-state index is 12.6. The number of fused-ring (bicyclic) bond motifs is 5. The molecule has 0 saturated heterocycles. The molecule has 1 aliphatic carbocycles. The zero-order valence-electron chi connectivity index (χ0n) is 18.7. The van der Waals surface area contributed by atoms with Crippen molar-refractivity contribution in [2.45, 2.75) is 44.1 Å². The predicted molar refractivity (Wildman–Crippen MR) is 124 cm³/mol. The zero-order valence-corrected chi connectivity index (χ0v) is 18.7. The Hall–Kier alpha value is -3.08. The summed E-state index contributed by atoms with van der Waals surface area (Å²) >= 11 is 0. The number of hydrogen-bond donors (Lipinski definition) is 0. The number of rotatable bonds is 3. The fraction of sp³-hybridized carbons (Fsp3) is 0.407. The van der Waals surface area contributed by atoms with E-state index in [2.05, 4.69) is 29.2 Å². The largest absolute Gasteiger partial charge is 0.466 e. The van der Waals surface area contributed by atoms with E-state index in [1.165, 1.54) is 57.5 Å². The predicted octanol–water partition coefficient (Wildman–Crippen LogP) is 5.27. The minimum atomic E-state index is -0.343. The van der Waals surface area contributed by atoms with Crippen LogP contribution in [0.1, 0.15) is 71.1 Å². The molecule has 0 aromatic heterocycles. The average Bonchev–Trinajstić information content (AvgIpc) is 3.05. The number of benzene rings is 2. The monoisotopic (exact) mass is 431 g/mol. The second kappa shape index (κ2) is 8.45. The van der Waals surface area contributed by atoms with Crippen LogP contribution in [0.25, 0.3) is 6.08 Å². The molecule has 2 atom stereocenters. The maximum Gasteiger partial charge on any atom is 0.337 e. The molecule has 2 aromatic carbocycles. The molecule has 2 aromatic rings. The number of carbonyl (C=O) groups is 2. The van der Waals surface area contributed by atoms with Gasteiger partial charge in [0.15, 0.2) is 0 Å². The third-order valence-corrected chi connectivity index (χ3v) is 7.39. The van der Waals surface area contributed by atoms with Gasteiger partial charge in [0.25, 0.3) is 0 Å². The quantitative estimate of drug-likeness (QED) is 0.620. The highest BCUT2D eigenvalue weighted by Gasteiger charge is 2.45. The van der Waals surface area contributed by atoms with E-state index in [0.29, 0.717) is 29.5 Å². The molecule has 2 unspecified atom stereocenters. The molecule has 0 amide bonds. The van der Waals surface area contributed by atoms with Crippen LogP contribution in [-0.2, 0) is 14.3 Å². The van der Waals surface area contributed by atoms with Gasteiger partial charge in [0.2, 0.25) is 0 Å². The van der Waals surface area contributed by atoms with Gasteiger partial charge in [0.1, 0.15) is 0 Å².